The topological polar surface area (TPSA) is 75.3 Å². The average Bonchev–Trinajstić information content (AvgIpc) is 2.59. The molecular formula is C17H17F3N2O3S. The number of hydrogen-bond acceptors (Lipinski definition) is 3. The number of anilines is 1. The van der Waals surface area contributed by atoms with Gasteiger partial charge < -0.3 is 5.32 Å². The second-order valence-electron chi connectivity index (χ2n) is 5.48. The van der Waals surface area contributed by atoms with Crippen LogP contribution in [0.5, 0.6) is 0 Å². The molecule has 0 bridgehead atoms. The minimum absolute atomic E-state index is 0.0690. The number of sulfonamides is 1. The zero-order valence-electron chi connectivity index (χ0n) is 13.8. The number of halogens is 3. The van der Waals surface area contributed by atoms with E-state index in [-0.39, 0.29) is 10.5 Å². The van der Waals surface area contributed by atoms with E-state index in [2.05, 4.69) is 4.72 Å². The molecule has 140 valence electrons. The number of aryl methyl sites for hydroxylation is 1. The lowest BCUT2D eigenvalue weighted by Crippen LogP contribution is -2.33. The standard InChI is InChI=1S/C17H17F3N2O3S/c1-2-12-3-7-14(8-4-12)22-26(24,25)15-9-5-13(6-10-15)16(23)21-11-17(18,19)20/h3-10,22H,2,11H2,1H3,(H,21,23). The Morgan fingerprint density at radius 1 is 1.00 bits per heavy atom. The Kier molecular flexibility index (Phi) is 5.91. The Morgan fingerprint density at radius 2 is 1.58 bits per heavy atom. The number of carbonyl (C=O) groups is 1. The highest BCUT2D eigenvalue weighted by Crippen LogP contribution is 2.18. The number of amides is 1. The van der Waals surface area contributed by atoms with Gasteiger partial charge in [-0.25, -0.2) is 8.42 Å². The lowest BCUT2D eigenvalue weighted by molar-refractivity contribution is -0.123. The van der Waals surface area contributed by atoms with Crippen LogP contribution >= 0.6 is 0 Å². The van der Waals surface area contributed by atoms with E-state index in [1.165, 1.54) is 0 Å². The van der Waals surface area contributed by atoms with Crippen LogP contribution in [0.25, 0.3) is 0 Å². The predicted octanol–water partition coefficient (Wildman–Crippen LogP) is 3.34. The van der Waals surface area contributed by atoms with Gasteiger partial charge in [0.25, 0.3) is 15.9 Å². The van der Waals surface area contributed by atoms with Crippen molar-refractivity contribution >= 4 is 21.6 Å². The second-order valence-corrected chi connectivity index (χ2v) is 7.16. The summed E-state index contributed by atoms with van der Waals surface area (Å²) in [6.07, 6.45) is -3.69. The molecule has 0 aliphatic rings. The van der Waals surface area contributed by atoms with E-state index < -0.39 is 28.7 Å². The van der Waals surface area contributed by atoms with E-state index in [1.54, 1.807) is 29.6 Å². The summed E-state index contributed by atoms with van der Waals surface area (Å²) in [4.78, 5) is 11.5. The van der Waals surface area contributed by atoms with E-state index in [9.17, 15) is 26.4 Å². The molecular weight excluding hydrogens is 369 g/mol. The van der Waals surface area contributed by atoms with Crippen molar-refractivity contribution in [3.63, 3.8) is 0 Å². The molecule has 1 amide bonds. The first-order chi connectivity index (χ1) is 12.1. The van der Waals surface area contributed by atoms with Gasteiger partial charge >= 0.3 is 6.18 Å². The van der Waals surface area contributed by atoms with E-state index >= 15 is 0 Å². The lowest BCUT2D eigenvalue weighted by atomic mass is 10.2. The molecule has 0 radical (unpaired) electrons. The summed E-state index contributed by atoms with van der Waals surface area (Å²) in [6.45, 7) is 0.521. The highest BCUT2D eigenvalue weighted by molar-refractivity contribution is 7.92. The van der Waals surface area contributed by atoms with E-state index in [4.69, 9.17) is 0 Å². The molecule has 2 rings (SSSR count). The average molecular weight is 386 g/mol. The summed E-state index contributed by atoms with van der Waals surface area (Å²) in [5.74, 6) is -0.936. The van der Waals surface area contributed by atoms with Crippen molar-refractivity contribution in [2.24, 2.45) is 0 Å². The number of benzene rings is 2. The molecule has 0 fully saturated rings. The lowest BCUT2D eigenvalue weighted by Gasteiger charge is -2.10. The largest absolute Gasteiger partial charge is 0.405 e. The van der Waals surface area contributed by atoms with Crippen molar-refractivity contribution in [3.8, 4) is 0 Å². The molecule has 0 heterocycles. The van der Waals surface area contributed by atoms with Gasteiger partial charge in [0.2, 0.25) is 0 Å². The van der Waals surface area contributed by atoms with Crippen LogP contribution < -0.4 is 10.0 Å². The molecule has 2 N–H and O–H groups in total. The zero-order chi connectivity index (χ0) is 19.4. The van der Waals surface area contributed by atoms with Gasteiger partial charge in [-0.05, 0) is 48.4 Å². The van der Waals surface area contributed by atoms with Gasteiger partial charge in [0.15, 0.2) is 0 Å². The Hall–Kier alpha value is -2.55. The number of carbonyl (C=O) groups excluding carboxylic acids is 1. The summed E-state index contributed by atoms with van der Waals surface area (Å²) in [5, 5.41) is 1.72. The van der Waals surface area contributed by atoms with Crippen molar-refractivity contribution in [3.05, 3.63) is 59.7 Å². The quantitative estimate of drug-likeness (QED) is 0.800. The van der Waals surface area contributed by atoms with Crippen molar-refractivity contribution in [1.82, 2.24) is 5.32 Å². The van der Waals surface area contributed by atoms with Crippen LogP contribution in [0.4, 0.5) is 18.9 Å². The summed E-state index contributed by atoms with van der Waals surface area (Å²) in [6, 6.07) is 11.5. The minimum atomic E-state index is -4.52. The van der Waals surface area contributed by atoms with Crippen molar-refractivity contribution in [2.45, 2.75) is 24.4 Å². The van der Waals surface area contributed by atoms with Crippen LogP contribution in [-0.2, 0) is 16.4 Å². The van der Waals surface area contributed by atoms with Crippen molar-refractivity contribution < 1.29 is 26.4 Å². The monoisotopic (exact) mass is 386 g/mol. The highest BCUT2D eigenvalue weighted by atomic mass is 32.2. The van der Waals surface area contributed by atoms with Crippen LogP contribution in [0.3, 0.4) is 0 Å². The predicted molar refractivity (Wildman–Crippen MR) is 91.5 cm³/mol. The highest BCUT2D eigenvalue weighted by Gasteiger charge is 2.28. The summed E-state index contributed by atoms with van der Waals surface area (Å²) in [5.41, 5.74) is 1.37. The van der Waals surface area contributed by atoms with Crippen LogP contribution in [0.2, 0.25) is 0 Å². The zero-order valence-corrected chi connectivity index (χ0v) is 14.6. The summed E-state index contributed by atoms with van der Waals surface area (Å²) >= 11 is 0. The van der Waals surface area contributed by atoms with Crippen LogP contribution in [0.15, 0.2) is 53.4 Å². The molecule has 0 saturated carbocycles. The molecule has 2 aromatic rings. The molecule has 0 saturated heterocycles. The molecule has 2 aromatic carbocycles. The maximum atomic E-state index is 12.3. The Balaban J connectivity index is 2.09. The van der Waals surface area contributed by atoms with Gasteiger partial charge in [0.05, 0.1) is 4.90 Å². The second kappa shape index (κ2) is 7.77. The third-order valence-electron chi connectivity index (χ3n) is 3.49. The maximum Gasteiger partial charge on any atom is 0.405 e. The maximum absolute atomic E-state index is 12.3. The van der Waals surface area contributed by atoms with Gasteiger partial charge in [-0.15, -0.1) is 0 Å². The van der Waals surface area contributed by atoms with Crippen molar-refractivity contribution in [2.75, 3.05) is 11.3 Å². The molecule has 5 nitrogen and oxygen atoms in total. The first-order valence-electron chi connectivity index (χ1n) is 7.67. The Morgan fingerprint density at radius 3 is 2.08 bits per heavy atom. The molecule has 0 aromatic heterocycles. The third kappa shape index (κ3) is 5.48. The fourth-order valence-corrected chi connectivity index (χ4v) is 3.15. The smallest absolute Gasteiger partial charge is 0.343 e. The minimum Gasteiger partial charge on any atom is -0.343 e. The number of rotatable bonds is 6. The van der Waals surface area contributed by atoms with Crippen LogP contribution in [-0.4, -0.2) is 27.0 Å². The fraction of sp³-hybridized carbons (Fsp3) is 0.235. The van der Waals surface area contributed by atoms with E-state index in [0.29, 0.717) is 5.69 Å². The van der Waals surface area contributed by atoms with Gasteiger partial charge in [-0.2, -0.15) is 13.2 Å². The molecule has 0 spiro atoms. The third-order valence-corrected chi connectivity index (χ3v) is 4.89. The fourth-order valence-electron chi connectivity index (χ4n) is 2.09. The Bertz CT molecular complexity index is 862. The molecule has 0 atom stereocenters. The van der Waals surface area contributed by atoms with Crippen LogP contribution in [0, 0.1) is 0 Å². The van der Waals surface area contributed by atoms with E-state index in [0.717, 1.165) is 36.2 Å². The number of hydrogen-bond donors (Lipinski definition) is 2. The molecule has 0 unspecified atom stereocenters. The normalized spacial score (nSPS) is 11.8. The molecule has 26 heavy (non-hydrogen) atoms. The van der Waals surface area contributed by atoms with Gasteiger partial charge in [-0.3, -0.25) is 9.52 Å². The Labute approximate surface area is 149 Å². The molecule has 0 aliphatic heterocycles. The number of nitrogens with one attached hydrogen (secondary N) is 2. The van der Waals surface area contributed by atoms with Gasteiger partial charge in [0, 0.05) is 11.3 Å². The van der Waals surface area contributed by atoms with Crippen molar-refractivity contribution in [1.29, 1.82) is 0 Å². The SMILES string of the molecule is CCc1ccc(NS(=O)(=O)c2ccc(C(=O)NCC(F)(F)F)cc2)cc1. The van der Waals surface area contributed by atoms with Crippen LogP contribution in [0.1, 0.15) is 22.8 Å². The van der Waals surface area contributed by atoms with Gasteiger partial charge in [-0.1, -0.05) is 19.1 Å². The first-order valence-corrected chi connectivity index (χ1v) is 9.16. The first kappa shape index (κ1) is 19.8. The summed E-state index contributed by atoms with van der Waals surface area (Å²) < 4.78 is 63.4. The number of alkyl halides is 3. The van der Waals surface area contributed by atoms with E-state index in [1.807, 2.05) is 6.92 Å². The van der Waals surface area contributed by atoms with Gasteiger partial charge in [0.1, 0.15) is 6.54 Å². The summed E-state index contributed by atoms with van der Waals surface area (Å²) in [7, 11) is -3.87. The molecule has 0 aliphatic carbocycles. The molecule has 9 heteroatoms.